The minimum absolute atomic E-state index is 0.471. The zero-order valence-electron chi connectivity index (χ0n) is 10.9. The molecule has 0 aliphatic rings. The molecule has 0 radical (unpaired) electrons. The SMILES string of the molecule is CC(N)(CCn1ccnc1-c1ccccc1)C(N)=O. The maximum Gasteiger partial charge on any atom is 0.237 e. The molecule has 1 aromatic heterocycles. The van der Waals surface area contributed by atoms with Gasteiger partial charge in [0.05, 0.1) is 5.54 Å². The Bertz CT molecular complexity index is 560. The van der Waals surface area contributed by atoms with Crippen molar-refractivity contribution in [2.45, 2.75) is 25.4 Å². The van der Waals surface area contributed by atoms with Crippen molar-refractivity contribution in [1.29, 1.82) is 0 Å². The molecule has 5 nitrogen and oxygen atoms in total. The van der Waals surface area contributed by atoms with Crippen molar-refractivity contribution < 1.29 is 4.79 Å². The van der Waals surface area contributed by atoms with Gasteiger partial charge >= 0.3 is 0 Å². The lowest BCUT2D eigenvalue weighted by Gasteiger charge is -2.21. The van der Waals surface area contributed by atoms with E-state index in [9.17, 15) is 4.79 Å². The van der Waals surface area contributed by atoms with Gasteiger partial charge in [-0.1, -0.05) is 30.3 Å². The number of hydrogen-bond acceptors (Lipinski definition) is 3. The average Bonchev–Trinajstić information content (AvgIpc) is 2.85. The van der Waals surface area contributed by atoms with Gasteiger partial charge in [-0.2, -0.15) is 0 Å². The van der Waals surface area contributed by atoms with E-state index >= 15 is 0 Å². The highest BCUT2D eigenvalue weighted by atomic mass is 16.1. The molecular weight excluding hydrogens is 240 g/mol. The second-order valence-electron chi connectivity index (χ2n) is 4.84. The maximum absolute atomic E-state index is 11.2. The summed E-state index contributed by atoms with van der Waals surface area (Å²) < 4.78 is 1.98. The van der Waals surface area contributed by atoms with Crippen LogP contribution in [-0.2, 0) is 11.3 Å². The van der Waals surface area contributed by atoms with Crippen LogP contribution in [-0.4, -0.2) is 21.0 Å². The molecule has 1 amide bonds. The number of benzene rings is 1. The van der Waals surface area contributed by atoms with E-state index in [0.717, 1.165) is 11.4 Å². The number of imidazole rings is 1. The van der Waals surface area contributed by atoms with Crippen LogP contribution in [0.2, 0.25) is 0 Å². The van der Waals surface area contributed by atoms with Gasteiger partial charge in [-0.25, -0.2) is 4.98 Å². The number of carbonyl (C=O) groups is 1. The predicted octanol–water partition coefficient (Wildman–Crippen LogP) is 1.14. The van der Waals surface area contributed by atoms with Gasteiger partial charge in [-0.3, -0.25) is 4.79 Å². The lowest BCUT2D eigenvalue weighted by Crippen LogP contribution is -2.49. The van der Waals surface area contributed by atoms with E-state index in [1.165, 1.54) is 0 Å². The summed E-state index contributed by atoms with van der Waals surface area (Å²) in [5, 5.41) is 0. The Kier molecular flexibility index (Phi) is 3.66. The lowest BCUT2D eigenvalue weighted by atomic mass is 9.98. The molecule has 0 bridgehead atoms. The second kappa shape index (κ2) is 5.24. The van der Waals surface area contributed by atoms with Crippen LogP contribution in [0.4, 0.5) is 0 Å². The zero-order chi connectivity index (χ0) is 13.9. The smallest absolute Gasteiger partial charge is 0.237 e. The van der Waals surface area contributed by atoms with Crippen LogP contribution in [0.15, 0.2) is 42.7 Å². The molecule has 0 fully saturated rings. The van der Waals surface area contributed by atoms with Crippen LogP contribution in [0.5, 0.6) is 0 Å². The van der Waals surface area contributed by atoms with Crippen molar-refractivity contribution in [2.75, 3.05) is 0 Å². The molecule has 0 spiro atoms. The van der Waals surface area contributed by atoms with Crippen LogP contribution < -0.4 is 11.5 Å². The summed E-state index contributed by atoms with van der Waals surface area (Å²) in [5.41, 5.74) is 11.2. The number of carbonyl (C=O) groups excluding carboxylic acids is 1. The highest BCUT2D eigenvalue weighted by Gasteiger charge is 2.25. The van der Waals surface area contributed by atoms with Crippen LogP contribution >= 0.6 is 0 Å². The van der Waals surface area contributed by atoms with Crippen LogP contribution in [0.1, 0.15) is 13.3 Å². The van der Waals surface area contributed by atoms with E-state index in [0.29, 0.717) is 13.0 Å². The third-order valence-corrected chi connectivity index (χ3v) is 3.18. The molecule has 0 saturated heterocycles. The monoisotopic (exact) mass is 258 g/mol. The Hall–Kier alpha value is -2.14. The highest BCUT2D eigenvalue weighted by molar-refractivity contribution is 5.83. The van der Waals surface area contributed by atoms with Crippen molar-refractivity contribution in [2.24, 2.45) is 11.5 Å². The number of nitrogens with zero attached hydrogens (tertiary/aromatic N) is 2. The number of nitrogens with two attached hydrogens (primary N) is 2. The Morgan fingerprint density at radius 2 is 2.05 bits per heavy atom. The highest BCUT2D eigenvalue weighted by Crippen LogP contribution is 2.18. The van der Waals surface area contributed by atoms with Gasteiger partial charge in [0.1, 0.15) is 5.82 Å². The van der Waals surface area contributed by atoms with E-state index < -0.39 is 11.4 Å². The van der Waals surface area contributed by atoms with Crippen molar-refractivity contribution >= 4 is 5.91 Å². The molecule has 1 heterocycles. The molecule has 0 aliphatic carbocycles. The number of primary amides is 1. The number of rotatable bonds is 5. The number of aryl methyl sites for hydroxylation is 1. The molecule has 5 heteroatoms. The fraction of sp³-hybridized carbons (Fsp3) is 0.286. The first-order valence-electron chi connectivity index (χ1n) is 6.16. The van der Waals surface area contributed by atoms with Crippen molar-refractivity contribution in [3.63, 3.8) is 0 Å². The molecule has 100 valence electrons. The standard InChI is InChI=1S/C14H18N4O/c1-14(16,13(15)19)7-9-18-10-8-17-12(18)11-5-3-2-4-6-11/h2-6,8,10H,7,9,16H2,1H3,(H2,15,19). The predicted molar refractivity (Wildman–Crippen MR) is 74.1 cm³/mol. The molecule has 1 unspecified atom stereocenters. The summed E-state index contributed by atoms with van der Waals surface area (Å²) in [6.07, 6.45) is 4.08. The van der Waals surface area contributed by atoms with Crippen LogP contribution in [0.25, 0.3) is 11.4 Å². The van der Waals surface area contributed by atoms with Crippen LogP contribution in [0.3, 0.4) is 0 Å². The summed E-state index contributed by atoms with van der Waals surface area (Å²) in [6, 6.07) is 9.87. The van der Waals surface area contributed by atoms with Gasteiger partial charge in [0, 0.05) is 24.5 Å². The fourth-order valence-electron chi connectivity index (χ4n) is 1.81. The van der Waals surface area contributed by atoms with E-state index in [-0.39, 0.29) is 0 Å². The molecule has 2 rings (SSSR count). The second-order valence-corrected chi connectivity index (χ2v) is 4.84. The Morgan fingerprint density at radius 1 is 1.37 bits per heavy atom. The number of hydrogen-bond donors (Lipinski definition) is 2. The number of aromatic nitrogens is 2. The average molecular weight is 258 g/mol. The Morgan fingerprint density at radius 3 is 2.68 bits per heavy atom. The fourth-order valence-corrected chi connectivity index (χ4v) is 1.81. The Labute approximate surface area is 112 Å². The summed E-state index contributed by atoms with van der Waals surface area (Å²) >= 11 is 0. The van der Waals surface area contributed by atoms with E-state index in [2.05, 4.69) is 4.98 Å². The first-order valence-corrected chi connectivity index (χ1v) is 6.16. The molecule has 2 aromatic rings. The van der Waals surface area contributed by atoms with Crippen molar-refractivity contribution in [1.82, 2.24) is 9.55 Å². The molecule has 4 N–H and O–H groups in total. The first kappa shape index (κ1) is 13.3. The molecular formula is C14H18N4O. The largest absolute Gasteiger partial charge is 0.368 e. The summed E-state index contributed by atoms with van der Waals surface area (Å²) in [6.45, 7) is 2.24. The quantitative estimate of drug-likeness (QED) is 0.843. The van der Waals surface area contributed by atoms with Gasteiger partial charge in [0.15, 0.2) is 0 Å². The van der Waals surface area contributed by atoms with Crippen LogP contribution in [0, 0.1) is 0 Å². The molecule has 0 saturated carbocycles. The third kappa shape index (κ3) is 3.00. The zero-order valence-corrected chi connectivity index (χ0v) is 10.9. The molecule has 0 aliphatic heterocycles. The normalized spacial score (nSPS) is 14.0. The topological polar surface area (TPSA) is 86.9 Å². The van der Waals surface area contributed by atoms with E-state index in [4.69, 9.17) is 11.5 Å². The van der Waals surface area contributed by atoms with Gasteiger partial charge in [0.2, 0.25) is 5.91 Å². The minimum Gasteiger partial charge on any atom is -0.368 e. The maximum atomic E-state index is 11.2. The minimum atomic E-state index is -1.00. The van der Waals surface area contributed by atoms with Crippen molar-refractivity contribution in [3.05, 3.63) is 42.7 Å². The summed E-state index contributed by atoms with van der Waals surface area (Å²) in [5.74, 6) is 0.370. The third-order valence-electron chi connectivity index (χ3n) is 3.18. The van der Waals surface area contributed by atoms with Gasteiger partial charge in [-0.15, -0.1) is 0 Å². The summed E-state index contributed by atoms with van der Waals surface area (Å²) in [4.78, 5) is 15.5. The Balaban J connectivity index is 2.16. The molecule has 1 atom stereocenters. The van der Waals surface area contributed by atoms with Gasteiger partial charge in [-0.05, 0) is 13.3 Å². The lowest BCUT2D eigenvalue weighted by molar-refractivity contribution is -0.122. The van der Waals surface area contributed by atoms with Crippen molar-refractivity contribution in [3.8, 4) is 11.4 Å². The first-order chi connectivity index (χ1) is 9.00. The van der Waals surface area contributed by atoms with Gasteiger partial charge in [0.25, 0.3) is 0 Å². The van der Waals surface area contributed by atoms with E-state index in [1.807, 2.05) is 41.1 Å². The van der Waals surface area contributed by atoms with Gasteiger partial charge < -0.3 is 16.0 Å². The van der Waals surface area contributed by atoms with E-state index in [1.54, 1.807) is 13.1 Å². The molecule has 19 heavy (non-hydrogen) atoms. The summed E-state index contributed by atoms with van der Waals surface area (Å²) in [7, 11) is 0. The number of amides is 1. The molecule has 1 aromatic carbocycles.